The van der Waals surface area contributed by atoms with Gasteiger partial charge in [0.25, 0.3) is 5.91 Å². The lowest BCUT2D eigenvalue weighted by Crippen LogP contribution is -2.15. The van der Waals surface area contributed by atoms with Gasteiger partial charge in [-0.15, -0.1) is 0 Å². The van der Waals surface area contributed by atoms with Crippen LogP contribution >= 0.6 is 27.5 Å². The van der Waals surface area contributed by atoms with Crippen LogP contribution in [0.1, 0.15) is 10.4 Å². The number of halogens is 4. The first-order valence-electron chi connectivity index (χ1n) is 5.64. The van der Waals surface area contributed by atoms with Crippen molar-refractivity contribution in [3.05, 3.63) is 57.0 Å². The Morgan fingerprint density at radius 1 is 1.19 bits per heavy atom. The lowest BCUT2D eigenvalue weighted by molar-refractivity contribution is 0.102. The van der Waals surface area contributed by atoms with Crippen LogP contribution in [-0.4, -0.2) is 5.91 Å². The molecular formula is C13H9BrClF2N3O. The van der Waals surface area contributed by atoms with E-state index < -0.39 is 23.2 Å². The van der Waals surface area contributed by atoms with Crippen LogP contribution in [0.25, 0.3) is 0 Å². The van der Waals surface area contributed by atoms with Crippen LogP contribution in [0.5, 0.6) is 0 Å². The van der Waals surface area contributed by atoms with Gasteiger partial charge in [0.15, 0.2) is 11.6 Å². The van der Waals surface area contributed by atoms with Crippen LogP contribution in [0.4, 0.5) is 20.2 Å². The zero-order valence-corrected chi connectivity index (χ0v) is 12.7. The van der Waals surface area contributed by atoms with E-state index in [0.29, 0.717) is 15.2 Å². The SMILES string of the molecule is NNc1c(F)cc(C(=O)Nc2ccc(Cl)cc2Br)cc1F. The molecule has 0 saturated carbocycles. The second-order valence-corrected chi connectivity index (χ2v) is 5.33. The molecule has 2 aromatic carbocycles. The average Bonchev–Trinajstić information content (AvgIpc) is 2.41. The number of nitrogens with two attached hydrogens (primary N) is 1. The molecule has 8 heteroatoms. The number of hydrazine groups is 1. The number of nitrogens with one attached hydrogen (secondary N) is 2. The lowest BCUT2D eigenvalue weighted by atomic mass is 10.1. The van der Waals surface area contributed by atoms with Gasteiger partial charge in [-0.3, -0.25) is 10.6 Å². The number of rotatable bonds is 3. The van der Waals surface area contributed by atoms with Crippen molar-refractivity contribution in [2.75, 3.05) is 10.7 Å². The van der Waals surface area contributed by atoms with Crippen LogP contribution in [0.3, 0.4) is 0 Å². The van der Waals surface area contributed by atoms with Crippen LogP contribution < -0.4 is 16.6 Å². The van der Waals surface area contributed by atoms with E-state index >= 15 is 0 Å². The van der Waals surface area contributed by atoms with Crippen molar-refractivity contribution in [2.24, 2.45) is 5.84 Å². The fourth-order valence-electron chi connectivity index (χ4n) is 1.63. The summed E-state index contributed by atoms with van der Waals surface area (Å²) >= 11 is 9.01. The maximum Gasteiger partial charge on any atom is 0.255 e. The third-order valence-electron chi connectivity index (χ3n) is 2.63. The number of hydrogen-bond donors (Lipinski definition) is 3. The van der Waals surface area contributed by atoms with Crippen molar-refractivity contribution in [1.29, 1.82) is 0 Å². The van der Waals surface area contributed by atoms with E-state index in [1.54, 1.807) is 18.2 Å². The van der Waals surface area contributed by atoms with Gasteiger partial charge in [0.2, 0.25) is 0 Å². The van der Waals surface area contributed by atoms with Crippen molar-refractivity contribution in [1.82, 2.24) is 0 Å². The van der Waals surface area contributed by atoms with Gasteiger partial charge in [-0.05, 0) is 46.3 Å². The number of hydrogen-bond acceptors (Lipinski definition) is 3. The molecular weight excluding hydrogens is 368 g/mol. The monoisotopic (exact) mass is 375 g/mol. The molecule has 0 aromatic heterocycles. The fraction of sp³-hybridized carbons (Fsp3) is 0. The Hall–Kier alpha value is -1.70. The predicted octanol–water partition coefficient (Wildman–Crippen LogP) is 3.92. The molecule has 0 radical (unpaired) electrons. The summed E-state index contributed by atoms with van der Waals surface area (Å²) in [5, 5.41) is 3.00. The van der Waals surface area contributed by atoms with Crippen molar-refractivity contribution < 1.29 is 13.6 Å². The Balaban J connectivity index is 2.28. The minimum atomic E-state index is -0.960. The summed E-state index contributed by atoms with van der Waals surface area (Å²) in [7, 11) is 0. The third-order valence-corrected chi connectivity index (χ3v) is 3.52. The van der Waals surface area contributed by atoms with Crippen molar-refractivity contribution in [3.8, 4) is 0 Å². The van der Waals surface area contributed by atoms with Gasteiger partial charge in [0.1, 0.15) is 5.69 Å². The minimum Gasteiger partial charge on any atom is -0.321 e. The molecule has 0 aliphatic rings. The fourth-order valence-corrected chi connectivity index (χ4v) is 2.41. The summed E-state index contributed by atoms with van der Waals surface area (Å²) in [5.41, 5.74) is 1.64. The Bertz CT molecular complexity index is 689. The van der Waals surface area contributed by atoms with Crippen LogP contribution in [0.15, 0.2) is 34.8 Å². The molecule has 4 N–H and O–H groups in total. The summed E-state index contributed by atoms with van der Waals surface area (Å²) in [5.74, 6) is 2.40. The first kappa shape index (κ1) is 15.7. The standard InChI is InChI=1S/C13H9BrClF2N3O/c14-8-5-7(15)1-2-11(8)19-13(21)6-3-9(16)12(20-18)10(17)4-6/h1-5,20H,18H2,(H,19,21). The molecule has 21 heavy (non-hydrogen) atoms. The minimum absolute atomic E-state index is 0.175. The second kappa shape index (κ2) is 6.38. The number of nitrogen functional groups attached to an aromatic ring is 1. The van der Waals surface area contributed by atoms with E-state index in [1.165, 1.54) is 0 Å². The predicted molar refractivity (Wildman–Crippen MR) is 81.3 cm³/mol. The van der Waals surface area contributed by atoms with Crippen molar-refractivity contribution in [3.63, 3.8) is 0 Å². The van der Waals surface area contributed by atoms with Crippen LogP contribution in [0, 0.1) is 11.6 Å². The van der Waals surface area contributed by atoms with Gasteiger partial charge in [-0.25, -0.2) is 8.78 Å². The van der Waals surface area contributed by atoms with E-state index in [-0.39, 0.29) is 5.56 Å². The highest BCUT2D eigenvalue weighted by Gasteiger charge is 2.15. The molecule has 4 nitrogen and oxygen atoms in total. The quantitative estimate of drug-likeness (QED) is 0.562. The highest BCUT2D eigenvalue weighted by Crippen LogP contribution is 2.27. The largest absolute Gasteiger partial charge is 0.321 e. The van der Waals surface area contributed by atoms with Gasteiger partial charge in [0.05, 0.1) is 5.69 Å². The maximum absolute atomic E-state index is 13.6. The topological polar surface area (TPSA) is 67.1 Å². The molecule has 0 saturated heterocycles. The summed E-state index contributed by atoms with van der Waals surface area (Å²) in [6, 6.07) is 6.49. The molecule has 0 aliphatic heterocycles. The highest BCUT2D eigenvalue weighted by atomic mass is 79.9. The van der Waals surface area contributed by atoms with Gasteiger partial charge in [0, 0.05) is 15.1 Å². The van der Waals surface area contributed by atoms with Gasteiger partial charge >= 0.3 is 0 Å². The van der Waals surface area contributed by atoms with Crippen molar-refractivity contribution in [2.45, 2.75) is 0 Å². The van der Waals surface area contributed by atoms with Crippen LogP contribution in [-0.2, 0) is 0 Å². The Morgan fingerprint density at radius 3 is 2.33 bits per heavy atom. The molecule has 110 valence electrons. The van der Waals surface area contributed by atoms with E-state index in [4.69, 9.17) is 17.4 Å². The first-order chi connectivity index (χ1) is 9.92. The number of amides is 1. The van der Waals surface area contributed by atoms with Gasteiger partial charge in [-0.2, -0.15) is 0 Å². The Kier molecular flexibility index (Phi) is 4.76. The summed E-state index contributed by atoms with van der Waals surface area (Å²) in [4.78, 5) is 12.0. The first-order valence-corrected chi connectivity index (χ1v) is 6.81. The number of anilines is 2. The molecule has 0 unspecified atom stereocenters. The van der Waals surface area contributed by atoms with E-state index in [9.17, 15) is 13.6 Å². The molecule has 2 aromatic rings. The van der Waals surface area contributed by atoms with Gasteiger partial charge < -0.3 is 10.7 Å². The van der Waals surface area contributed by atoms with Gasteiger partial charge in [-0.1, -0.05) is 11.6 Å². The normalized spacial score (nSPS) is 10.3. The average molecular weight is 377 g/mol. The zero-order valence-electron chi connectivity index (χ0n) is 10.4. The summed E-state index contributed by atoms with van der Waals surface area (Å²) in [6.07, 6.45) is 0. The smallest absolute Gasteiger partial charge is 0.255 e. The van der Waals surface area contributed by atoms with E-state index in [1.807, 2.05) is 5.43 Å². The Labute approximate surface area is 132 Å². The molecule has 1 amide bonds. The molecule has 0 heterocycles. The number of carbonyl (C=O) groups is 1. The molecule has 0 bridgehead atoms. The summed E-state index contributed by atoms with van der Waals surface area (Å²) in [6.45, 7) is 0. The third kappa shape index (κ3) is 3.49. The second-order valence-electron chi connectivity index (χ2n) is 4.04. The maximum atomic E-state index is 13.6. The lowest BCUT2D eigenvalue weighted by Gasteiger charge is -2.10. The molecule has 0 aliphatic carbocycles. The molecule has 2 rings (SSSR count). The number of benzene rings is 2. The van der Waals surface area contributed by atoms with Crippen LogP contribution in [0.2, 0.25) is 5.02 Å². The molecule has 0 fully saturated rings. The highest BCUT2D eigenvalue weighted by molar-refractivity contribution is 9.10. The van der Waals surface area contributed by atoms with E-state index in [2.05, 4.69) is 21.2 Å². The number of carbonyl (C=O) groups excluding carboxylic acids is 1. The zero-order chi connectivity index (χ0) is 15.6. The molecule has 0 spiro atoms. The Morgan fingerprint density at radius 2 is 1.81 bits per heavy atom. The summed E-state index contributed by atoms with van der Waals surface area (Å²) < 4.78 is 27.7. The molecule has 0 atom stereocenters. The van der Waals surface area contributed by atoms with E-state index in [0.717, 1.165) is 12.1 Å². The van der Waals surface area contributed by atoms with Crippen molar-refractivity contribution >= 4 is 44.8 Å².